The highest BCUT2D eigenvalue weighted by molar-refractivity contribution is 5.93. The quantitative estimate of drug-likeness (QED) is 0.743. The number of carbonyl (C=O) groups is 1. The molecule has 2 amide bonds. The number of halogens is 3. The summed E-state index contributed by atoms with van der Waals surface area (Å²) in [4.78, 5) is 11.6. The molecule has 20 heavy (non-hydrogen) atoms. The molecule has 4 nitrogen and oxygen atoms in total. The van der Waals surface area contributed by atoms with E-state index in [0.717, 1.165) is 31.5 Å². The smallest absolute Gasteiger partial charge is 0.329 e. The number of urea groups is 1. The van der Waals surface area contributed by atoms with Gasteiger partial charge in [-0.2, -0.15) is 13.2 Å². The van der Waals surface area contributed by atoms with Gasteiger partial charge in [0.2, 0.25) is 0 Å². The zero-order chi connectivity index (χ0) is 14.3. The number of anilines is 1. The molecule has 2 heterocycles. The van der Waals surface area contributed by atoms with Crippen LogP contribution in [0.1, 0.15) is 30.0 Å². The Kier molecular flexibility index (Phi) is 3.08. The van der Waals surface area contributed by atoms with Gasteiger partial charge in [0.15, 0.2) is 0 Å². The standard InChI is InChI=1S/C13H14F3N3O/c14-13(15,16)7-3-4-8-10(6-7)18-12(20)19-11(8)9-2-1-5-17-9/h3-4,6,9,11,17H,1-2,5H2,(H2,18,19,20). The maximum atomic E-state index is 12.7. The van der Waals surface area contributed by atoms with E-state index in [1.807, 2.05) is 0 Å². The van der Waals surface area contributed by atoms with Crippen LogP contribution >= 0.6 is 0 Å². The minimum absolute atomic E-state index is 0.0662. The Balaban J connectivity index is 1.98. The summed E-state index contributed by atoms with van der Waals surface area (Å²) in [6.07, 6.45) is -2.52. The molecule has 2 aliphatic rings. The maximum absolute atomic E-state index is 12.7. The Morgan fingerprint density at radius 2 is 2.05 bits per heavy atom. The third-order valence-electron chi connectivity index (χ3n) is 3.75. The number of alkyl halides is 3. The lowest BCUT2D eigenvalue weighted by Gasteiger charge is -2.32. The molecule has 0 bridgehead atoms. The highest BCUT2D eigenvalue weighted by Crippen LogP contribution is 2.37. The minimum atomic E-state index is -4.41. The minimum Gasteiger partial charge on any atom is -0.329 e. The van der Waals surface area contributed by atoms with Gasteiger partial charge >= 0.3 is 12.2 Å². The molecule has 2 atom stereocenters. The van der Waals surface area contributed by atoms with Crippen LogP contribution < -0.4 is 16.0 Å². The average Bonchev–Trinajstić information content (AvgIpc) is 2.89. The summed E-state index contributed by atoms with van der Waals surface area (Å²) in [5.41, 5.74) is 0.177. The summed E-state index contributed by atoms with van der Waals surface area (Å²) in [5, 5.41) is 8.49. The Morgan fingerprint density at radius 3 is 2.70 bits per heavy atom. The molecule has 1 saturated heterocycles. The molecular weight excluding hydrogens is 271 g/mol. The molecule has 1 aromatic rings. The third-order valence-corrected chi connectivity index (χ3v) is 3.75. The van der Waals surface area contributed by atoms with Crippen molar-refractivity contribution in [3.8, 4) is 0 Å². The van der Waals surface area contributed by atoms with Gasteiger partial charge in [-0.05, 0) is 37.1 Å². The first kappa shape index (κ1) is 13.2. The number of rotatable bonds is 1. The van der Waals surface area contributed by atoms with Gasteiger partial charge in [0.1, 0.15) is 0 Å². The zero-order valence-electron chi connectivity index (χ0n) is 10.6. The second-order valence-corrected chi connectivity index (χ2v) is 5.08. The predicted octanol–water partition coefficient (Wildman–Crippen LogP) is 2.63. The zero-order valence-corrected chi connectivity index (χ0v) is 10.6. The van der Waals surface area contributed by atoms with Crippen LogP contribution in [0.15, 0.2) is 18.2 Å². The topological polar surface area (TPSA) is 53.2 Å². The molecule has 108 valence electrons. The number of hydrogen-bond donors (Lipinski definition) is 3. The lowest BCUT2D eigenvalue weighted by Crippen LogP contribution is -2.46. The molecule has 0 radical (unpaired) electrons. The number of hydrogen-bond acceptors (Lipinski definition) is 2. The maximum Gasteiger partial charge on any atom is 0.416 e. The number of carbonyl (C=O) groups excluding carboxylic acids is 1. The lowest BCUT2D eigenvalue weighted by atomic mass is 9.94. The molecule has 0 spiro atoms. The molecule has 0 saturated carbocycles. The van der Waals surface area contributed by atoms with Crippen molar-refractivity contribution in [2.45, 2.75) is 31.1 Å². The Hall–Kier alpha value is -1.76. The van der Waals surface area contributed by atoms with Crippen molar-refractivity contribution in [2.24, 2.45) is 0 Å². The van der Waals surface area contributed by atoms with E-state index in [2.05, 4.69) is 16.0 Å². The molecule has 7 heteroatoms. The van der Waals surface area contributed by atoms with E-state index in [-0.39, 0.29) is 17.8 Å². The van der Waals surface area contributed by atoms with Crippen molar-refractivity contribution in [1.29, 1.82) is 0 Å². The van der Waals surface area contributed by atoms with Crippen molar-refractivity contribution in [3.05, 3.63) is 29.3 Å². The van der Waals surface area contributed by atoms with Crippen LogP contribution in [0, 0.1) is 0 Å². The number of amides is 2. The first-order chi connectivity index (χ1) is 9.45. The van der Waals surface area contributed by atoms with Crippen LogP contribution in [0.25, 0.3) is 0 Å². The average molecular weight is 285 g/mol. The van der Waals surface area contributed by atoms with Crippen molar-refractivity contribution >= 4 is 11.7 Å². The Labute approximate surface area is 113 Å². The molecule has 3 N–H and O–H groups in total. The van der Waals surface area contributed by atoms with Crippen LogP contribution in [0.4, 0.5) is 23.7 Å². The number of nitrogens with one attached hydrogen (secondary N) is 3. The number of fused-ring (bicyclic) bond motifs is 1. The first-order valence-corrected chi connectivity index (χ1v) is 6.47. The SMILES string of the molecule is O=C1Nc2cc(C(F)(F)F)ccc2C(C2CCCN2)N1. The van der Waals surface area contributed by atoms with Gasteiger partial charge in [0, 0.05) is 11.7 Å². The fraction of sp³-hybridized carbons (Fsp3) is 0.462. The second-order valence-electron chi connectivity index (χ2n) is 5.08. The Morgan fingerprint density at radius 1 is 1.25 bits per heavy atom. The highest BCUT2D eigenvalue weighted by atomic mass is 19.4. The monoisotopic (exact) mass is 285 g/mol. The number of benzene rings is 1. The molecule has 3 rings (SSSR count). The summed E-state index contributed by atoms with van der Waals surface area (Å²) in [7, 11) is 0. The summed E-state index contributed by atoms with van der Waals surface area (Å²) in [6.45, 7) is 0.862. The van der Waals surface area contributed by atoms with E-state index in [1.165, 1.54) is 6.07 Å². The van der Waals surface area contributed by atoms with Crippen molar-refractivity contribution in [2.75, 3.05) is 11.9 Å². The fourth-order valence-electron chi connectivity index (χ4n) is 2.80. The van der Waals surface area contributed by atoms with Gasteiger partial charge in [-0.1, -0.05) is 6.07 Å². The second kappa shape index (κ2) is 4.66. The van der Waals surface area contributed by atoms with E-state index in [9.17, 15) is 18.0 Å². The van der Waals surface area contributed by atoms with Crippen LogP contribution in [-0.4, -0.2) is 18.6 Å². The van der Waals surface area contributed by atoms with Crippen LogP contribution in [0.3, 0.4) is 0 Å². The van der Waals surface area contributed by atoms with E-state index in [0.29, 0.717) is 5.56 Å². The lowest BCUT2D eigenvalue weighted by molar-refractivity contribution is -0.137. The third kappa shape index (κ3) is 2.33. The van der Waals surface area contributed by atoms with Gasteiger partial charge in [0.05, 0.1) is 11.6 Å². The summed E-state index contributed by atoms with van der Waals surface area (Å²) in [6, 6.07) is 2.81. The first-order valence-electron chi connectivity index (χ1n) is 6.47. The van der Waals surface area contributed by atoms with Crippen LogP contribution in [-0.2, 0) is 6.18 Å². The van der Waals surface area contributed by atoms with Crippen molar-refractivity contribution in [1.82, 2.24) is 10.6 Å². The summed E-state index contributed by atoms with van der Waals surface area (Å²) < 4.78 is 38.1. The normalized spacial score (nSPS) is 25.9. The van der Waals surface area contributed by atoms with Gasteiger partial charge in [0.25, 0.3) is 0 Å². The molecule has 2 aliphatic heterocycles. The highest BCUT2D eigenvalue weighted by Gasteiger charge is 2.36. The van der Waals surface area contributed by atoms with Gasteiger partial charge in [-0.25, -0.2) is 4.79 Å². The van der Waals surface area contributed by atoms with Gasteiger partial charge in [-0.3, -0.25) is 0 Å². The van der Waals surface area contributed by atoms with Gasteiger partial charge in [-0.15, -0.1) is 0 Å². The van der Waals surface area contributed by atoms with Crippen molar-refractivity contribution < 1.29 is 18.0 Å². The summed E-state index contributed by atoms with van der Waals surface area (Å²) in [5.74, 6) is 0. The Bertz CT molecular complexity index is 538. The molecular formula is C13H14F3N3O. The molecule has 2 unspecified atom stereocenters. The van der Waals surface area contributed by atoms with E-state index in [1.54, 1.807) is 0 Å². The summed E-state index contributed by atoms with van der Waals surface area (Å²) >= 11 is 0. The molecule has 0 aromatic heterocycles. The fourth-order valence-corrected chi connectivity index (χ4v) is 2.80. The van der Waals surface area contributed by atoms with Crippen molar-refractivity contribution in [3.63, 3.8) is 0 Å². The van der Waals surface area contributed by atoms with E-state index in [4.69, 9.17) is 0 Å². The van der Waals surface area contributed by atoms with Gasteiger partial charge < -0.3 is 16.0 Å². The molecule has 0 aliphatic carbocycles. The molecule has 1 fully saturated rings. The molecule has 1 aromatic carbocycles. The van der Waals surface area contributed by atoms with Crippen LogP contribution in [0.5, 0.6) is 0 Å². The van der Waals surface area contributed by atoms with E-state index < -0.39 is 17.8 Å². The van der Waals surface area contributed by atoms with Crippen LogP contribution in [0.2, 0.25) is 0 Å². The van der Waals surface area contributed by atoms with E-state index >= 15 is 0 Å². The predicted molar refractivity (Wildman–Crippen MR) is 67.4 cm³/mol. The largest absolute Gasteiger partial charge is 0.416 e.